The zero-order valence-corrected chi connectivity index (χ0v) is 12.2. The van der Waals surface area contributed by atoms with Gasteiger partial charge in [0.1, 0.15) is 18.4 Å². The van der Waals surface area contributed by atoms with E-state index in [0.717, 1.165) is 38.0 Å². The highest BCUT2D eigenvalue weighted by atomic mass is 35.5. The average molecular weight is 298 g/mol. The van der Waals surface area contributed by atoms with Crippen LogP contribution in [0.5, 0.6) is 5.75 Å². The molecule has 0 aliphatic carbocycles. The number of carbonyl (C=O) groups is 1. The number of carboxylic acid groups (broad SMARTS) is 1. The van der Waals surface area contributed by atoms with Gasteiger partial charge in [-0.1, -0.05) is 30.5 Å². The topological polar surface area (TPSA) is 49.8 Å². The molecule has 0 saturated carbocycles. The Balaban J connectivity index is 1.86. The van der Waals surface area contributed by atoms with Crippen LogP contribution in [0.2, 0.25) is 5.02 Å². The number of ether oxygens (including phenoxy) is 1. The fourth-order valence-corrected chi connectivity index (χ4v) is 2.73. The third kappa shape index (κ3) is 4.39. The fraction of sp³-hybridized carbons (Fsp3) is 0.533. The zero-order chi connectivity index (χ0) is 14.4. The minimum atomic E-state index is -0.727. The van der Waals surface area contributed by atoms with Crippen LogP contribution >= 0.6 is 11.6 Å². The van der Waals surface area contributed by atoms with E-state index >= 15 is 0 Å². The number of rotatable bonds is 5. The van der Waals surface area contributed by atoms with Crippen molar-refractivity contribution in [2.24, 2.45) is 0 Å². The van der Waals surface area contributed by atoms with Gasteiger partial charge in [-0.3, -0.25) is 9.69 Å². The monoisotopic (exact) mass is 297 g/mol. The quantitative estimate of drug-likeness (QED) is 0.907. The summed E-state index contributed by atoms with van der Waals surface area (Å²) in [6, 6.07) is 6.87. The molecule has 1 atom stereocenters. The molecule has 1 aromatic carbocycles. The number of halogens is 1. The van der Waals surface area contributed by atoms with Crippen molar-refractivity contribution in [1.82, 2.24) is 4.90 Å². The molecule has 0 radical (unpaired) electrons. The van der Waals surface area contributed by atoms with Gasteiger partial charge in [0, 0.05) is 11.6 Å². The van der Waals surface area contributed by atoms with Crippen molar-refractivity contribution in [2.75, 3.05) is 19.7 Å². The highest BCUT2D eigenvalue weighted by Gasteiger charge is 2.26. The van der Waals surface area contributed by atoms with Crippen LogP contribution in [0.3, 0.4) is 0 Å². The normalized spacial score (nSPS) is 20.4. The smallest absolute Gasteiger partial charge is 0.320 e. The van der Waals surface area contributed by atoms with Crippen LogP contribution in [-0.2, 0) is 4.79 Å². The zero-order valence-electron chi connectivity index (χ0n) is 11.4. The van der Waals surface area contributed by atoms with Crippen molar-refractivity contribution < 1.29 is 14.6 Å². The average Bonchev–Trinajstić information content (AvgIpc) is 2.64. The Hall–Kier alpha value is -1.26. The van der Waals surface area contributed by atoms with Crippen molar-refractivity contribution in [3.8, 4) is 5.75 Å². The predicted molar refractivity (Wildman–Crippen MR) is 78.4 cm³/mol. The predicted octanol–water partition coefficient (Wildman–Crippen LogP) is 3.05. The van der Waals surface area contributed by atoms with Crippen molar-refractivity contribution in [2.45, 2.75) is 31.7 Å². The highest BCUT2D eigenvalue weighted by molar-refractivity contribution is 6.30. The second-order valence-corrected chi connectivity index (χ2v) is 5.48. The summed E-state index contributed by atoms with van der Waals surface area (Å²) in [5.41, 5.74) is 0. The molecule has 0 aromatic heterocycles. The van der Waals surface area contributed by atoms with Crippen molar-refractivity contribution >= 4 is 17.6 Å². The molecule has 1 aliphatic rings. The number of benzene rings is 1. The van der Waals surface area contributed by atoms with E-state index in [1.54, 1.807) is 12.1 Å². The Morgan fingerprint density at radius 1 is 1.40 bits per heavy atom. The summed E-state index contributed by atoms with van der Waals surface area (Å²) in [4.78, 5) is 13.3. The minimum absolute atomic E-state index is 0.375. The number of hydrogen-bond acceptors (Lipinski definition) is 3. The van der Waals surface area contributed by atoms with Gasteiger partial charge in [-0.2, -0.15) is 0 Å². The lowest BCUT2D eigenvalue weighted by Gasteiger charge is -2.26. The van der Waals surface area contributed by atoms with Gasteiger partial charge in [0.2, 0.25) is 0 Å². The van der Waals surface area contributed by atoms with Crippen LogP contribution in [0.25, 0.3) is 0 Å². The first-order chi connectivity index (χ1) is 9.66. The minimum Gasteiger partial charge on any atom is -0.492 e. The summed E-state index contributed by atoms with van der Waals surface area (Å²) < 4.78 is 5.64. The first-order valence-electron chi connectivity index (χ1n) is 7.02. The Morgan fingerprint density at radius 2 is 2.25 bits per heavy atom. The Labute approximate surface area is 124 Å². The second kappa shape index (κ2) is 7.50. The van der Waals surface area contributed by atoms with Crippen LogP contribution < -0.4 is 4.74 Å². The van der Waals surface area contributed by atoms with Crippen LogP contribution in [-0.4, -0.2) is 41.7 Å². The van der Waals surface area contributed by atoms with E-state index in [0.29, 0.717) is 18.2 Å². The fourth-order valence-electron chi connectivity index (χ4n) is 2.55. The van der Waals surface area contributed by atoms with Crippen LogP contribution in [0.1, 0.15) is 25.7 Å². The van der Waals surface area contributed by atoms with Gasteiger partial charge in [-0.15, -0.1) is 0 Å². The van der Waals surface area contributed by atoms with E-state index in [-0.39, 0.29) is 6.04 Å². The van der Waals surface area contributed by atoms with Crippen LogP contribution in [0.15, 0.2) is 24.3 Å². The number of nitrogens with zero attached hydrogens (tertiary/aromatic N) is 1. The van der Waals surface area contributed by atoms with Crippen LogP contribution in [0.4, 0.5) is 0 Å². The van der Waals surface area contributed by atoms with E-state index in [4.69, 9.17) is 16.3 Å². The molecular formula is C15H20ClNO3. The molecule has 4 nitrogen and oxygen atoms in total. The molecule has 1 fully saturated rings. The first-order valence-corrected chi connectivity index (χ1v) is 7.40. The van der Waals surface area contributed by atoms with E-state index in [1.807, 2.05) is 17.0 Å². The summed E-state index contributed by atoms with van der Waals surface area (Å²) in [7, 11) is 0. The maximum Gasteiger partial charge on any atom is 0.320 e. The van der Waals surface area contributed by atoms with Crippen LogP contribution in [0, 0.1) is 0 Å². The molecule has 1 aliphatic heterocycles. The lowest BCUT2D eigenvalue weighted by Crippen LogP contribution is -2.42. The van der Waals surface area contributed by atoms with Gasteiger partial charge < -0.3 is 9.84 Å². The summed E-state index contributed by atoms with van der Waals surface area (Å²) in [6.45, 7) is 1.93. The number of aliphatic carboxylic acids is 1. The van der Waals surface area contributed by atoms with Crippen molar-refractivity contribution in [1.29, 1.82) is 0 Å². The second-order valence-electron chi connectivity index (χ2n) is 5.05. The molecule has 1 N–H and O–H groups in total. The Kier molecular flexibility index (Phi) is 5.68. The molecule has 2 rings (SSSR count). The molecule has 1 aromatic rings. The molecule has 5 heteroatoms. The third-order valence-corrected chi connectivity index (χ3v) is 3.83. The summed E-state index contributed by atoms with van der Waals surface area (Å²) in [6.07, 6.45) is 3.88. The Morgan fingerprint density at radius 3 is 3.00 bits per heavy atom. The maximum absolute atomic E-state index is 11.3. The van der Waals surface area contributed by atoms with E-state index < -0.39 is 5.97 Å². The number of hydrogen-bond donors (Lipinski definition) is 1. The summed E-state index contributed by atoms with van der Waals surface area (Å²) in [5, 5.41) is 9.93. The lowest BCUT2D eigenvalue weighted by atomic mass is 10.1. The lowest BCUT2D eigenvalue weighted by molar-refractivity contribution is -0.143. The molecule has 1 saturated heterocycles. The first kappa shape index (κ1) is 15.1. The van der Waals surface area contributed by atoms with Gasteiger partial charge in [-0.05, 0) is 37.6 Å². The van der Waals surface area contributed by atoms with Gasteiger partial charge in [0.05, 0.1) is 0 Å². The van der Waals surface area contributed by atoms with Gasteiger partial charge >= 0.3 is 5.97 Å². The third-order valence-electron chi connectivity index (χ3n) is 3.59. The van der Waals surface area contributed by atoms with E-state index in [9.17, 15) is 9.90 Å². The van der Waals surface area contributed by atoms with Gasteiger partial charge in [0.25, 0.3) is 0 Å². The molecule has 1 unspecified atom stereocenters. The molecule has 110 valence electrons. The molecule has 1 heterocycles. The summed E-state index contributed by atoms with van der Waals surface area (Å²) >= 11 is 5.89. The van der Waals surface area contributed by atoms with E-state index in [1.165, 1.54) is 0 Å². The Bertz CT molecular complexity index is 452. The molecule has 0 amide bonds. The van der Waals surface area contributed by atoms with Gasteiger partial charge in [-0.25, -0.2) is 0 Å². The number of likely N-dealkylation sites (tertiary alicyclic amines) is 1. The molecule has 20 heavy (non-hydrogen) atoms. The largest absolute Gasteiger partial charge is 0.492 e. The SMILES string of the molecule is O=C(O)C1CCCCCN1CCOc1cccc(Cl)c1. The highest BCUT2D eigenvalue weighted by Crippen LogP contribution is 2.19. The van der Waals surface area contributed by atoms with Gasteiger partial charge in [0.15, 0.2) is 0 Å². The molecule has 0 spiro atoms. The van der Waals surface area contributed by atoms with Crippen molar-refractivity contribution in [3.05, 3.63) is 29.3 Å². The van der Waals surface area contributed by atoms with Crippen molar-refractivity contribution in [3.63, 3.8) is 0 Å². The molecule has 0 bridgehead atoms. The summed E-state index contributed by atoms with van der Waals surface area (Å²) in [5.74, 6) is -0.00569. The maximum atomic E-state index is 11.3. The number of carboxylic acids is 1. The standard InChI is InChI=1S/C15H20ClNO3/c16-12-5-4-6-13(11-12)20-10-9-17-8-3-1-2-7-14(17)15(18)19/h4-6,11,14H,1-3,7-10H2,(H,18,19). The van der Waals surface area contributed by atoms with E-state index in [2.05, 4.69) is 0 Å². The molecular weight excluding hydrogens is 278 g/mol.